The Morgan fingerprint density at radius 3 is 2.57 bits per heavy atom. The minimum atomic E-state index is -0.214. The third-order valence-electron chi connectivity index (χ3n) is 3.70. The van der Waals surface area contributed by atoms with Crippen molar-refractivity contribution in [3.63, 3.8) is 0 Å². The molecule has 0 aliphatic heterocycles. The fraction of sp³-hybridized carbons (Fsp3) is 0.167. The van der Waals surface area contributed by atoms with Crippen molar-refractivity contribution in [3.05, 3.63) is 70.3 Å². The largest absolute Gasteiger partial charge is 0.322 e. The van der Waals surface area contributed by atoms with Gasteiger partial charge in [-0.3, -0.25) is 14.6 Å². The molecule has 0 bridgehead atoms. The van der Waals surface area contributed by atoms with Crippen LogP contribution in [0.15, 0.2) is 53.6 Å². The molecule has 0 saturated heterocycles. The van der Waals surface area contributed by atoms with Crippen molar-refractivity contribution in [2.45, 2.75) is 19.8 Å². The van der Waals surface area contributed by atoms with Crippen molar-refractivity contribution < 1.29 is 4.79 Å². The number of carbonyl (C=O) groups excluding carboxylic acids is 1. The van der Waals surface area contributed by atoms with E-state index >= 15 is 0 Å². The second kappa shape index (κ2) is 6.04. The van der Waals surface area contributed by atoms with E-state index in [4.69, 9.17) is 0 Å². The van der Waals surface area contributed by atoms with E-state index in [0.29, 0.717) is 16.8 Å². The van der Waals surface area contributed by atoms with Crippen molar-refractivity contribution in [1.82, 2.24) is 9.97 Å². The van der Waals surface area contributed by atoms with Crippen LogP contribution in [-0.4, -0.2) is 15.9 Å². The number of amides is 1. The fourth-order valence-corrected chi connectivity index (χ4v) is 2.55. The number of pyridine rings is 2. The first kappa shape index (κ1) is 15.0. The number of anilines is 1. The fourth-order valence-electron chi connectivity index (χ4n) is 2.55. The van der Waals surface area contributed by atoms with E-state index in [2.05, 4.69) is 15.3 Å². The summed E-state index contributed by atoms with van der Waals surface area (Å²) in [5, 5.41) is 3.82. The molecule has 3 aromatic rings. The van der Waals surface area contributed by atoms with Crippen LogP contribution in [-0.2, 0) is 0 Å². The number of aromatic nitrogens is 2. The van der Waals surface area contributed by atoms with Crippen LogP contribution in [0.2, 0.25) is 0 Å². The summed E-state index contributed by atoms with van der Waals surface area (Å²) >= 11 is 0. The smallest absolute Gasteiger partial charge is 0.255 e. The second-order valence-electron chi connectivity index (χ2n) is 5.69. The first-order chi connectivity index (χ1) is 11.0. The van der Waals surface area contributed by atoms with Crippen molar-refractivity contribution in [1.29, 1.82) is 0 Å². The van der Waals surface area contributed by atoms with E-state index in [-0.39, 0.29) is 17.4 Å². The molecule has 2 N–H and O–H groups in total. The molecule has 5 heteroatoms. The molecule has 1 aromatic carbocycles. The Labute approximate surface area is 133 Å². The van der Waals surface area contributed by atoms with E-state index in [1.54, 1.807) is 36.7 Å². The minimum Gasteiger partial charge on any atom is -0.322 e. The van der Waals surface area contributed by atoms with Crippen LogP contribution in [0.4, 0.5) is 5.69 Å². The van der Waals surface area contributed by atoms with Gasteiger partial charge in [-0.05, 0) is 35.7 Å². The molecular weight excluding hydrogens is 290 g/mol. The number of nitrogens with one attached hydrogen (secondary N) is 2. The van der Waals surface area contributed by atoms with E-state index in [0.717, 1.165) is 10.9 Å². The zero-order valence-corrected chi connectivity index (χ0v) is 13.0. The molecule has 23 heavy (non-hydrogen) atoms. The van der Waals surface area contributed by atoms with Gasteiger partial charge in [-0.2, -0.15) is 0 Å². The molecule has 0 aliphatic rings. The van der Waals surface area contributed by atoms with Gasteiger partial charge in [0.1, 0.15) is 0 Å². The molecule has 0 spiro atoms. The molecule has 0 atom stereocenters. The summed E-state index contributed by atoms with van der Waals surface area (Å²) in [6.07, 6.45) is 3.14. The molecule has 0 saturated carbocycles. The van der Waals surface area contributed by atoms with E-state index < -0.39 is 0 Å². The van der Waals surface area contributed by atoms with Gasteiger partial charge in [-0.25, -0.2) is 0 Å². The highest BCUT2D eigenvalue weighted by Gasteiger charge is 2.10. The number of rotatable bonds is 3. The molecule has 5 nitrogen and oxygen atoms in total. The lowest BCUT2D eigenvalue weighted by molar-refractivity contribution is 0.102. The molecule has 116 valence electrons. The quantitative estimate of drug-likeness (QED) is 0.779. The maximum absolute atomic E-state index is 12.2. The highest BCUT2D eigenvalue weighted by Crippen LogP contribution is 2.25. The molecule has 2 aromatic heterocycles. The summed E-state index contributed by atoms with van der Waals surface area (Å²) in [7, 11) is 0. The van der Waals surface area contributed by atoms with Gasteiger partial charge in [0.05, 0.1) is 5.52 Å². The molecule has 0 aliphatic carbocycles. The Hall–Kier alpha value is -2.95. The minimum absolute atomic E-state index is 0.140. The first-order valence-electron chi connectivity index (χ1n) is 7.43. The van der Waals surface area contributed by atoms with E-state index in [1.807, 2.05) is 26.0 Å². The van der Waals surface area contributed by atoms with Gasteiger partial charge in [0.15, 0.2) is 0 Å². The maximum Gasteiger partial charge on any atom is 0.255 e. The van der Waals surface area contributed by atoms with E-state index in [9.17, 15) is 9.59 Å². The van der Waals surface area contributed by atoms with Crippen LogP contribution in [0, 0.1) is 0 Å². The lowest BCUT2D eigenvalue weighted by atomic mass is 9.99. The van der Waals surface area contributed by atoms with Crippen LogP contribution in [0.3, 0.4) is 0 Å². The average Bonchev–Trinajstić information content (AvgIpc) is 2.54. The molecule has 0 radical (unpaired) electrons. The monoisotopic (exact) mass is 307 g/mol. The van der Waals surface area contributed by atoms with Gasteiger partial charge in [0, 0.05) is 35.1 Å². The van der Waals surface area contributed by atoms with Gasteiger partial charge in [-0.15, -0.1) is 0 Å². The van der Waals surface area contributed by atoms with Gasteiger partial charge in [-0.1, -0.05) is 19.9 Å². The van der Waals surface area contributed by atoms with Crippen molar-refractivity contribution >= 4 is 22.5 Å². The number of hydrogen-bond acceptors (Lipinski definition) is 3. The number of carbonyl (C=O) groups is 1. The Morgan fingerprint density at radius 1 is 1.13 bits per heavy atom. The third-order valence-corrected chi connectivity index (χ3v) is 3.70. The van der Waals surface area contributed by atoms with Crippen LogP contribution >= 0.6 is 0 Å². The highest BCUT2D eigenvalue weighted by molar-refractivity contribution is 6.05. The SMILES string of the molecule is CC(C)c1cc(=O)[nH]c2cc(NC(=O)c3ccncc3)ccc12. The average molecular weight is 307 g/mol. The molecular formula is C18H17N3O2. The zero-order valence-electron chi connectivity index (χ0n) is 13.0. The standard InChI is InChI=1S/C18H17N3O2/c1-11(2)15-10-17(22)21-16-9-13(3-4-14(15)16)20-18(23)12-5-7-19-8-6-12/h3-11H,1-2H3,(H,20,23)(H,21,22). The van der Waals surface area contributed by atoms with Gasteiger partial charge in [0.2, 0.25) is 5.56 Å². The summed E-state index contributed by atoms with van der Waals surface area (Å²) in [5.74, 6) is 0.0335. The molecule has 1 amide bonds. The summed E-state index contributed by atoms with van der Waals surface area (Å²) in [4.78, 5) is 30.7. The highest BCUT2D eigenvalue weighted by atomic mass is 16.1. The number of nitrogens with zero attached hydrogens (tertiary/aromatic N) is 1. The van der Waals surface area contributed by atoms with Crippen molar-refractivity contribution in [2.75, 3.05) is 5.32 Å². The Balaban J connectivity index is 1.98. The molecule has 3 rings (SSSR count). The molecule has 2 heterocycles. The van der Waals surface area contributed by atoms with Crippen LogP contribution in [0.1, 0.15) is 35.7 Å². The Morgan fingerprint density at radius 2 is 1.87 bits per heavy atom. The van der Waals surface area contributed by atoms with Gasteiger partial charge < -0.3 is 10.3 Å². The second-order valence-corrected chi connectivity index (χ2v) is 5.69. The van der Waals surface area contributed by atoms with Gasteiger partial charge >= 0.3 is 0 Å². The van der Waals surface area contributed by atoms with Crippen LogP contribution < -0.4 is 10.9 Å². The lowest BCUT2D eigenvalue weighted by Crippen LogP contribution is -2.12. The number of fused-ring (bicyclic) bond motifs is 1. The van der Waals surface area contributed by atoms with E-state index in [1.165, 1.54) is 0 Å². The number of aromatic amines is 1. The van der Waals surface area contributed by atoms with Crippen molar-refractivity contribution in [3.8, 4) is 0 Å². The van der Waals surface area contributed by atoms with Crippen LogP contribution in [0.5, 0.6) is 0 Å². The zero-order chi connectivity index (χ0) is 16.4. The molecule has 0 fully saturated rings. The normalized spacial score (nSPS) is 10.9. The van der Waals surface area contributed by atoms with Crippen LogP contribution in [0.25, 0.3) is 10.9 Å². The predicted octanol–water partition coefficient (Wildman–Crippen LogP) is 3.30. The maximum atomic E-state index is 12.2. The lowest BCUT2D eigenvalue weighted by Gasteiger charge is -2.11. The Bertz CT molecular complexity index is 914. The predicted molar refractivity (Wildman–Crippen MR) is 90.8 cm³/mol. The number of benzene rings is 1. The Kier molecular flexibility index (Phi) is 3.93. The summed E-state index contributed by atoms with van der Waals surface area (Å²) in [5.41, 5.74) is 2.74. The third kappa shape index (κ3) is 3.13. The number of hydrogen-bond donors (Lipinski definition) is 2. The summed E-state index contributed by atoms with van der Waals surface area (Å²) < 4.78 is 0. The molecule has 0 unspecified atom stereocenters. The van der Waals surface area contributed by atoms with Crippen molar-refractivity contribution in [2.24, 2.45) is 0 Å². The van der Waals surface area contributed by atoms with Gasteiger partial charge in [0.25, 0.3) is 5.91 Å². The number of H-pyrrole nitrogens is 1. The summed E-state index contributed by atoms with van der Waals surface area (Å²) in [6.45, 7) is 4.10. The first-order valence-corrected chi connectivity index (χ1v) is 7.43. The topological polar surface area (TPSA) is 74.8 Å². The summed E-state index contributed by atoms with van der Waals surface area (Å²) in [6, 6.07) is 10.5.